The third-order valence-electron chi connectivity index (χ3n) is 5.96. The van der Waals surface area contributed by atoms with Gasteiger partial charge in [-0.2, -0.15) is 5.10 Å². The van der Waals surface area contributed by atoms with Gasteiger partial charge in [-0.25, -0.2) is 0 Å². The third kappa shape index (κ3) is 4.49. The van der Waals surface area contributed by atoms with E-state index in [1.807, 2.05) is 32.3 Å². The summed E-state index contributed by atoms with van der Waals surface area (Å²) in [6, 6.07) is 27.4. The average molecular weight is 435 g/mol. The highest BCUT2D eigenvalue weighted by atomic mass is 16.5. The number of nitrogens with zero attached hydrogens (tertiary/aromatic N) is 2. The molecule has 0 saturated heterocycles. The molecule has 2 N–H and O–H groups in total. The van der Waals surface area contributed by atoms with Crippen molar-refractivity contribution in [2.45, 2.75) is 13.0 Å². The number of aromatic amines is 1. The van der Waals surface area contributed by atoms with E-state index in [0.29, 0.717) is 6.61 Å². The number of pyridine rings is 1. The lowest BCUT2D eigenvalue weighted by atomic mass is 10.00. The first-order chi connectivity index (χ1) is 16.2. The second-order valence-corrected chi connectivity index (χ2v) is 8.12. The molecule has 5 heteroatoms. The molecule has 0 aliphatic heterocycles. The zero-order chi connectivity index (χ0) is 22.6. The summed E-state index contributed by atoms with van der Waals surface area (Å²) in [4.78, 5) is 4.41. The highest BCUT2D eigenvalue weighted by Crippen LogP contribution is 2.28. The molecule has 0 bridgehead atoms. The summed E-state index contributed by atoms with van der Waals surface area (Å²) >= 11 is 0. The highest BCUT2D eigenvalue weighted by Gasteiger charge is 2.12. The van der Waals surface area contributed by atoms with E-state index in [1.165, 1.54) is 16.7 Å². The fourth-order valence-electron chi connectivity index (χ4n) is 4.07. The zero-order valence-electron chi connectivity index (χ0n) is 18.7. The quantitative estimate of drug-likeness (QED) is 0.333. The topological polar surface area (TPSA) is 62.8 Å². The number of nitrogens with one attached hydrogen (secondary N) is 2. The van der Waals surface area contributed by atoms with Gasteiger partial charge >= 0.3 is 0 Å². The summed E-state index contributed by atoms with van der Waals surface area (Å²) in [5.41, 5.74) is 7.71. The molecule has 0 aliphatic rings. The molecular formula is C28H26N4O. The third-order valence-corrected chi connectivity index (χ3v) is 5.96. The predicted octanol–water partition coefficient (Wildman–Crippen LogP) is 5.94. The molecule has 3 aromatic carbocycles. The van der Waals surface area contributed by atoms with Crippen molar-refractivity contribution < 1.29 is 4.74 Å². The fourth-order valence-corrected chi connectivity index (χ4v) is 4.07. The molecule has 5 nitrogen and oxygen atoms in total. The number of benzene rings is 3. The van der Waals surface area contributed by atoms with Crippen LogP contribution in [0.2, 0.25) is 0 Å². The van der Waals surface area contributed by atoms with Crippen molar-refractivity contribution in [1.82, 2.24) is 20.5 Å². The smallest absolute Gasteiger partial charge is 0.138 e. The first kappa shape index (κ1) is 20.9. The summed E-state index contributed by atoms with van der Waals surface area (Å²) in [6.45, 7) is 2.50. The SMILES string of the molecule is CN[C@H](COc1cncc(-c2ccc3[nH]nc(C)c3c2)c1)c1cccc(-c2ccccc2)c1. The highest BCUT2D eigenvalue weighted by molar-refractivity contribution is 5.86. The van der Waals surface area contributed by atoms with E-state index in [9.17, 15) is 0 Å². The summed E-state index contributed by atoms with van der Waals surface area (Å²) in [6.07, 6.45) is 3.63. The second-order valence-electron chi connectivity index (χ2n) is 8.12. The van der Waals surface area contributed by atoms with Crippen LogP contribution < -0.4 is 10.1 Å². The van der Waals surface area contributed by atoms with Gasteiger partial charge < -0.3 is 10.1 Å². The number of fused-ring (bicyclic) bond motifs is 1. The number of rotatable bonds is 7. The molecule has 2 aromatic heterocycles. The van der Waals surface area contributed by atoms with Gasteiger partial charge in [0.15, 0.2) is 0 Å². The normalized spacial score (nSPS) is 12.1. The molecule has 0 fully saturated rings. The lowest BCUT2D eigenvalue weighted by Crippen LogP contribution is -2.23. The maximum Gasteiger partial charge on any atom is 0.138 e. The monoisotopic (exact) mass is 434 g/mol. The van der Waals surface area contributed by atoms with Crippen LogP contribution in [0.5, 0.6) is 5.75 Å². The molecule has 5 rings (SSSR count). The maximum atomic E-state index is 6.17. The molecule has 5 aromatic rings. The van der Waals surface area contributed by atoms with Crippen molar-refractivity contribution in [2.75, 3.05) is 13.7 Å². The molecular weight excluding hydrogens is 408 g/mol. The van der Waals surface area contributed by atoms with Gasteiger partial charge in [-0.3, -0.25) is 10.1 Å². The van der Waals surface area contributed by atoms with E-state index < -0.39 is 0 Å². The number of ether oxygens (including phenoxy) is 1. The molecule has 0 radical (unpaired) electrons. The van der Waals surface area contributed by atoms with Crippen LogP contribution >= 0.6 is 0 Å². The minimum absolute atomic E-state index is 0.0576. The Labute approximate surface area is 193 Å². The number of aromatic nitrogens is 3. The van der Waals surface area contributed by atoms with Crippen LogP contribution in [0.15, 0.2) is 91.3 Å². The van der Waals surface area contributed by atoms with Gasteiger partial charge in [-0.15, -0.1) is 0 Å². The van der Waals surface area contributed by atoms with Crippen molar-refractivity contribution in [3.8, 4) is 28.0 Å². The Morgan fingerprint density at radius 1 is 0.848 bits per heavy atom. The minimum atomic E-state index is 0.0576. The van der Waals surface area contributed by atoms with Crippen LogP contribution in [0, 0.1) is 6.92 Å². The van der Waals surface area contributed by atoms with Crippen molar-refractivity contribution >= 4 is 10.9 Å². The fraction of sp³-hybridized carbons (Fsp3) is 0.143. The summed E-state index contributed by atoms with van der Waals surface area (Å²) < 4.78 is 6.17. The Morgan fingerprint density at radius 2 is 1.67 bits per heavy atom. The van der Waals surface area contributed by atoms with E-state index in [0.717, 1.165) is 33.5 Å². The van der Waals surface area contributed by atoms with E-state index in [4.69, 9.17) is 4.74 Å². The van der Waals surface area contributed by atoms with E-state index >= 15 is 0 Å². The van der Waals surface area contributed by atoms with Crippen LogP contribution in [0.1, 0.15) is 17.3 Å². The molecule has 0 saturated carbocycles. The molecule has 33 heavy (non-hydrogen) atoms. The number of hydrogen-bond acceptors (Lipinski definition) is 4. The summed E-state index contributed by atoms with van der Waals surface area (Å²) in [5.74, 6) is 0.746. The average Bonchev–Trinajstić information content (AvgIpc) is 3.25. The maximum absolute atomic E-state index is 6.17. The van der Waals surface area contributed by atoms with Crippen LogP contribution in [0.3, 0.4) is 0 Å². The molecule has 0 unspecified atom stereocenters. The van der Waals surface area contributed by atoms with Crippen LogP contribution in [0.25, 0.3) is 33.2 Å². The molecule has 1 atom stereocenters. The molecule has 164 valence electrons. The first-order valence-corrected chi connectivity index (χ1v) is 11.1. The Morgan fingerprint density at radius 3 is 2.52 bits per heavy atom. The van der Waals surface area contributed by atoms with Crippen molar-refractivity contribution in [3.63, 3.8) is 0 Å². The lowest BCUT2D eigenvalue weighted by molar-refractivity contribution is 0.272. The van der Waals surface area contributed by atoms with E-state index in [2.05, 4.69) is 87.2 Å². The van der Waals surface area contributed by atoms with Gasteiger partial charge in [-0.1, -0.05) is 54.6 Å². The van der Waals surface area contributed by atoms with Gasteiger partial charge in [0.2, 0.25) is 0 Å². The van der Waals surface area contributed by atoms with Crippen molar-refractivity contribution in [1.29, 1.82) is 0 Å². The van der Waals surface area contributed by atoms with Gasteiger partial charge in [0, 0.05) is 17.1 Å². The lowest BCUT2D eigenvalue weighted by Gasteiger charge is -2.18. The van der Waals surface area contributed by atoms with Crippen molar-refractivity contribution in [3.05, 3.63) is 103 Å². The van der Waals surface area contributed by atoms with E-state index in [1.54, 1.807) is 6.20 Å². The van der Waals surface area contributed by atoms with Crippen molar-refractivity contribution in [2.24, 2.45) is 0 Å². The number of aryl methyl sites for hydroxylation is 1. The van der Waals surface area contributed by atoms with E-state index in [-0.39, 0.29) is 6.04 Å². The zero-order valence-corrected chi connectivity index (χ0v) is 18.7. The number of likely N-dealkylation sites (N-methyl/N-ethyl adjacent to an activating group) is 1. The minimum Gasteiger partial charge on any atom is -0.490 e. The van der Waals surface area contributed by atoms with Gasteiger partial charge in [0.1, 0.15) is 12.4 Å². The van der Waals surface area contributed by atoms with Crippen LogP contribution in [-0.4, -0.2) is 28.8 Å². The standard InChI is InChI=1S/C28H26N4O/c1-19-26-15-22(11-12-27(26)32-31-19)24-14-25(17-30-16-24)33-18-28(29-2)23-10-6-9-21(13-23)20-7-4-3-5-8-20/h3-17,28-29H,18H2,1-2H3,(H,31,32)/t28-/m1/s1. The number of H-pyrrole nitrogens is 1. The first-order valence-electron chi connectivity index (χ1n) is 11.1. The van der Waals surface area contributed by atoms with Gasteiger partial charge in [0.05, 0.1) is 23.4 Å². The molecule has 2 heterocycles. The van der Waals surface area contributed by atoms with Crippen LogP contribution in [-0.2, 0) is 0 Å². The molecule has 0 spiro atoms. The number of hydrogen-bond donors (Lipinski definition) is 2. The molecule has 0 amide bonds. The molecule has 0 aliphatic carbocycles. The Bertz CT molecular complexity index is 1380. The Kier molecular flexibility index (Phi) is 5.87. The second kappa shape index (κ2) is 9.27. The summed E-state index contributed by atoms with van der Waals surface area (Å²) in [7, 11) is 1.96. The largest absolute Gasteiger partial charge is 0.490 e. The van der Waals surface area contributed by atoms with Gasteiger partial charge in [-0.05, 0) is 60.5 Å². The van der Waals surface area contributed by atoms with Crippen LogP contribution in [0.4, 0.5) is 0 Å². The Hall–Kier alpha value is -3.96. The Balaban J connectivity index is 1.34. The van der Waals surface area contributed by atoms with Gasteiger partial charge in [0.25, 0.3) is 0 Å². The predicted molar refractivity (Wildman–Crippen MR) is 133 cm³/mol. The summed E-state index contributed by atoms with van der Waals surface area (Å²) in [5, 5.41) is 11.8.